The van der Waals surface area contributed by atoms with E-state index in [0.717, 1.165) is 25.1 Å². The number of carbonyl (C=O) groups is 1. The summed E-state index contributed by atoms with van der Waals surface area (Å²) < 4.78 is 27.3. The van der Waals surface area contributed by atoms with Gasteiger partial charge in [-0.25, -0.2) is 8.78 Å². The Morgan fingerprint density at radius 3 is 2.64 bits per heavy atom. The van der Waals surface area contributed by atoms with Crippen LogP contribution in [0.2, 0.25) is 0 Å². The lowest BCUT2D eigenvalue weighted by molar-refractivity contribution is -0.127. The first-order chi connectivity index (χ1) is 10.4. The Hall–Kier alpha value is -1.53. The molecule has 1 amide bonds. The summed E-state index contributed by atoms with van der Waals surface area (Å²) in [5, 5.41) is 10.1. The minimum atomic E-state index is -1.21. The zero-order valence-corrected chi connectivity index (χ0v) is 12.9. The zero-order chi connectivity index (χ0) is 16.3. The van der Waals surface area contributed by atoms with Crippen molar-refractivity contribution in [2.75, 3.05) is 33.2 Å². The van der Waals surface area contributed by atoms with Crippen LogP contribution in [0.4, 0.5) is 8.78 Å². The van der Waals surface area contributed by atoms with Gasteiger partial charge in [-0.15, -0.1) is 0 Å². The highest BCUT2D eigenvalue weighted by Gasteiger charge is 2.26. The van der Waals surface area contributed by atoms with E-state index >= 15 is 0 Å². The zero-order valence-electron chi connectivity index (χ0n) is 12.9. The molecule has 2 rings (SSSR count). The molecule has 1 saturated heterocycles. The fourth-order valence-electron chi connectivity index (χ4n) is 3.00. The number of rotatable bonds is 5. The summed E-state index contributed by atoms with van der Waals surface area (Å²) in [4.78, 5) is 15.0. The van der Waals surface area contributed by atoms with E-state index < -0.39 is 17.7 Å². The van der Waals surface area contributed by atoms with Crippen molar-refractivity contribution in [1.29, 1.82) is 0 Å². The average molecular weight is 312 g/mol. The molecule has 2 atom stereocenters. The molecule has 0 radical (unpaired) electrons. The number of amides is 1. The maximum absolute atomic E-state index is 13.6. The number of hydrogen-bond acceptors (Lipinski definition) is 3. The van der Waals surface area contributed by atoms with Gasteiger partial charge in [0.05, 0.1) is 11.7 Å². The van der Waals surface area contributed by atoms with Crippen LogP contribution >= 0.6 is 0 Å². The van der Waals surface area contributed by atoms with Gasteiger partial charge in [0.15, 0.2) is 0 Å². The van der Waals surface area contributed by atoms with Crippen LogP contribution in [-0.4, -0.2) is 54.0 Å². The molecule has 2 unspecified atom stereocenters. The van der Waals surface area contributed by atoms with Crippen molar-refractivity contribution in [2.24, 2.45) is 5.92 Å². The Labute approximate surface area is 129 Å². The van der Waals surface area contributed by atoms with Crippen molar-refractivity contribution in [1.82, 2.24) is 9.80 Å². The number of benzene rings is 1. The third-order valence-electron chi connectivity index (χ3n) is 4.12. The molecule has 0 aromatic heterocycles. The first-order valence-electron chi connectivity index (χ1n) is 7.44. The van der Waals surface area contributed by atoms with E-state index in [1.807, 2.05) is 4.90 Å². The molecule has 1 N–H and O–H groups in total. The average Bonchev–Trinajstić information content (AvgIpc) is 2.86. The fraction of sp³-hybridized carbons (Fsp3) is 0.562. The van der Waals surface area contributed by atoms with Crippen molar-refractivity contribution in [3.63, 3.8) is 0 Å². The Bertz CT molecular complexity index is 519. The lowest BCUT2D eigenvalue weighted by Crippen LogP contribution is -2.32. The molecule has 6 heteroatoms. The van der Waals surface area contributed by atoms with Crippen LogP contribution in [0.5, 0.6) is 0 Å². The van der Waals surface area contributed by atoms with Gasteiger partial charge in [0.1, 0.15) is 11.6 Å². The van der Waals surface area contributed by atoms with Gasteiger partial charge in [0.2, 0.25) is 5.91 Å². The standard InChI is InChI=1S/C16H22F2N2O2/c1-11(21)20-7-6-12(9-20)8-19(2)10-15(22)16-13(17)4-3-5-14(16)18/h3-5,12,15,22H,6-10H2,1-2H3. The molecule has 1 aromatic carbocycles. The van der Waals surface area contributed by atoms with E-state index in [1.54, 1.807) is 18.9 Å². The van der Waals surface area contributed by atoms with Gasteiger partial charge in [-0.1, -0.05) is 6.07 Å². The molecule has 122 valence electrons. The smallest absolute Gasteiger partial charge is 0.219 e. The second-order valence-corrected chi connectivity index (χ2v) is 5.99. The molecular formula is C16H22F2N2O2. The van der Waals surface area contributed by atoms with Crippen LogP contribution in [0.1, 0.15) is 25.0 Å². The fourth-order valence-corrected chi connectivity index (χ4v) is 3.00. The quantitative estimate of drug-likeness (QED) is 0.901. The predicted octanol–water partition coefficient (Wildman–Crippen LogP) is 1.80. The second kappa shape index (κ2) is 7.15. The maximum Gasteiger partial charge on any atom is 0.219 e. The minimum Gasteiger partial charge on any atom is -0.387 e. The number of hydrogen-bond donors (Lipinski definition) is 1. The van der Waals surface area contributed by atoms with Gasteiger partial charge in [-0.2, -0.15) is 0 Å². The Morgan fingerprint density at radius 1 is 1.45 bits per heavy atom. The third kappa shape index (κ3) is 4.01. The van der Waals surface area contributed by atoms with E-state index in [9.17, 15) is 18.7 Å². The lowest BCUT2D eigenvalue weighted by atomic mass is 10.1. The molecule has 1 aliphatic rings. The van der Waals surface area contributed by atoms with Gasteiger partial charge in [-0.05, 0) is 31.5 Å². The van der Waals surface area contributed by atoms with E-state index in [4.69, 9.17) is 0 Å². The first-order valence-corrected chi connectivity index (χ1v) is 7.44. The highest BCUT2D eigenvalue weighted by atomic mass is 19.1. The van der Waals surface area contributed by atoms with Crippen molar-refractivity contribution in [2.45, 2.75) is 19.4 Å². The number of aliphatic hydroxyl groups excluding tert-OH is 1. The summed E-state index contributed by atoms with van der Waals surface area (Å²) in [6, 6.07) is 3.56. The molecule has 4 nitrogen and oxygen atoms in total. The van der Waals surface area contributed by atoms with Crippen LogP contribution in [-0.2, 0) is 4.79 Å². The normalized spacial score (nSPS) is 19.7. The monoisotopic (exact) mass is 312 g/mol. The summed E-state index contributed by atoms with van der Waals surface area (Å²) in [6.07, 6.45) is -0.301. The maximum atomic E-state index is 13.6. The number of likely N-dealkylation sites (tertiary alicyclic amines) is 1. The van der Waals surface area contributed by atoms with E-state index in [0.29, 0.717) is 19.0 Å². The molecule has 1 aliphatic heterocycles. The van der Waals surface area contributed by atoms with E-state index in [2.05, 4.69) is 0 Å². The Balaban J connectivity index is 1.89. The van der Waals surface area contributed by atoms with Crippen LogP contribution < -0.4 is 0 Å². The molecule has 0 aliphatic carbocycles. The van der Waals surface area contributed by atoms with Crippen LogP contribution in [0, 0.1) is 17.6 Å². The Kier molecular flexibility index (Phi) is 5.47. The summed E-state index contributed by atoms with van der Waals surface area (Å²) in [5.74, 6) is -1.07. The first kappa shape index (κ1) is 16.8. The van der Waals surface area contributed by atoms with Crippen molar-refractivity contribution >= 4 is 5.91 Å². The van der Waals surface area contributed by atoms with Gasteiger partial charge in [0.25, 0.3) is 0 Å². The van der Waals surface area contributed by atoms with Crippen molar-refractivity contribution < 1.29 is 18.7 Å². The molecular weight excluding hydrogens is 290 g/mol. The third-order valence-corrected chi connectivity index (χ3v) is 4.12. The number of carbonyl (C=O) groups excluding carboxylic acids is 1. The summed E-state index contributed by atoms with van der Waals surface area (Å²) in [6.45, 7) is 3.82. The number of aliphatic hydroxyl groups is 1. The van der Waals surface area contributed by atoms with Crippen LogP contribution in [0.15, 0.2) is 18.2 Å². The summed E-state index contributed by atoms with van der Waals surface area (Å²) in [5.41, 5.74) is -0.286. The van der Waals surface area contributed by atoms with Crippen LogP contribution in [0.3, 0.4) is 0 Å². The van der Waals surface area contributed by atoms with E-state index in [1.165, 1.54) is 6.07 Å². The molecule has 0 spiro atoms. The molecule has 1 heterocycles. The van der Waals surface area contributed by atoms with Crippen LogP contribution in [0.25, 0.3) is 0 Å². The highest BCUT2D eigenvalue weighted by molar-refractivity contribution is 5.73. The molecule has 1 fully saturated rings. The van der Waals surface area contributed by atoms with Crippen molar-refractivity contribution in [3.05, 3.63) is 35.4 Å². The van der Waals surface area contributed by atoms with Gasteiger partial charge in [0, 0.05) is 33.1 Å². The lowest BCUT2D eigenvalue weighted by Gasteiger charge is -2.24. The van der Waals surface area contributed by atoms with Crippen molar-refractivity contribution in [3.8, 4) is 0 Å². The van der Waals surface area contributed by atoms with Gasteiger partial charge < -0.3 is 14.9 Å². The molecule has 22 heavy (non-hydrogen) atoms. The number of nitrogens with zero attached hydrogens (tertiary/aromatic N) is 2. The van der Waals surface area contributed by atoms with Gasteiger partial charge in [-0.3, -0.25) is 4.79 Å². The second-order valence-electron chi connectivity index (χ2n) is 5.99. The SMILES string of the molecule is CC(=O)N1CCC(CN(C)CC(O)c2c(F)cccc2F)C1. The molecule has 0 bridgehead atoms. The Morgan fingerprint density at radius 2 is 2.09 bits per heavy atom. The molecule has 1 aromatic rings. The molecule has 0 saturated carbocycles. The summed E-state index contributed by atoms with van der Waals surface area (Å²) in [7, 11) is 1.80. The number of halogens is 2. The largest absolute Gasteiger partial charge is 0.387 e. The number of likely N-dealkylation sites (N-methyl/N-ethyl adjacent to an activating group) is 1. The topological polar surface area (TPSA) is 43.8 Å². The summed E-state index contributed by atoms with van der Waals surface area (Å²) >= 11 is 0. The van der Waals surface area contributed by atoms with Gasteiger partial charge >= 0.3 is 0 Å². The van der Waals surface area contributed by atoms with E-state index in [-0.39, 0.29) is 18.0 Å². The predicted molar refractivity (Wildman–Crippen MR) is 79.2 cm³/mol. The highest BCUT2D eigenvalue weighted by Crippen LogP contribution is 2.22. The minimum absolute atomic E-state index is 0.0682.